The van der Waals surface area contributed by atoms with E-state index in [0.29, 0.717) is 0 Å². The number of rotatable bonds is 2. The first-order valence-electron chi connectivity index (χ1n) is 4.38. The van der Waals surface area contributed by atoms with Crippen molar-refractivity contribution in [3.63, 3.8) is 0 Å². The van der Waals surface area contributed by atoms with Crippen molar-refractivity contribution in [1.82, 2.24) is 0 Å². The molecule has 64 valence electrons. The summed E-state index contributed by atoms with van der Waals surface area (Å²) in [5, 5.41) is 0. The summed E-state index contributed by atoms with van der Waals surface area (Å²) in [4.78, 5) is 0. The fourth-order valence-electron chi connectivity index (χ4n) is 1.54. The molecule has 11 heavy (non-hydrogen) atoms. The topological polar surface area (TPSA) is 9.23 Å². The van der Waals surface area contributed by atoms with E-state index >= 15 is 0 Å². The van der Waals surface area contributed by atoms with E-state index in [9.17, 15) is 0 Å². The van der Waals surface area contributed by atoms with E-state index < -0.39 is 8.32 Å². The van der Waals surface area contributed by atoms with Crippen molar-refractivity contribution >= 4 is 8.32 Å². The van der Waals surface area contributed by atoms with Crippen molar-refractivity contribution in [2.24, 2.45) is 0 Å². The van der Waals surface area contributed by atoms with Gasteiger partial charge in [0.25, 0.3) is 0 Å². The number of hydrogen-bond donors (Lipinski definition) is 0. The average molecular weight is 170 g/mol. The second-order valence-electron chi connectivity index (χ2n) is 3.77. The van der Waals surface area contributed by atoms with Gasteiger partial charge >= 0.3 is 0 Å². The summed E-state index contributed by atoms with van der Waals surface area (Å²) >= 11 is 0. The van der Waals surface area contributed by atoms with Crippen LogP contribution in [-0.4, -0.2) is 15.4 Å². The predicted octanol–water partition coefficient (Wildman–Crippen LogP) is 2.95. The summed E-state index contributed by atoms with van der Waals surface area (Å²) in [7, 11) is 0.493. The van der Waals surface area contributed by atoms with Crippen LogP contribution in [0.2, 0.25) is 18.6 Å². The van der Waals surface area contributed by atoms with Crippen molar-refractivity contribution in [1.29, 1.82) is 0 Å². The molecule has 0 spiro atoms. The van der Waals surface area contributed by atoms with Crippen molar-refractivity contribution in [2.75, 3.05) is 7.11 Å². The van der Waals surface area contributed by atoms with Gasteiger partial charge in [-0.15, -0.1) is 0 Å². The largest absolute Gasteiger partial charge is 0.420 e. The van der Waals surface area contributed by atoms with Crippen molar-refractivity contribution in [3.8, 4) is 0 Å². The smallest absolute Gasteiger partial charge is 0.192 e. The standard InChI is InChI=1S/C9H18OSi/c1-10-11(2,3)9-7-5-4-6-8-9/h5,7,9H,4,6,8H2,1-3H3. The minimum Gasteiger partial charge on any atom is -0.420 e. The highest BCUT2D eigenvalue weighted by molar-refractivity contribution is 6.73. The molecule has 0 saturated carbocycles. The molecule has 1 rings (SSSR count). The minimum absolute atomic E-state index is 0.751. The van der Waals surface area contributed by atoms with Gasteiger partial charge in [-0.1, -0.05) is 12.2 Å². The molecule has 1 atom stereocenters. The molecule has 1 aliphatic carbocycles. The Labute approximate surface area is 70.6 Å². The third-order valence-electron chi connectivity index (χ3n) is 2.67. The molecule has 0 aromatic heterocycles. The van der Waals surface area contributed by atoms with Crippen molar-refractivity contribution < 1.29 is 4.43 Å². The zero-order valence-electron chi connectivity index (χ0n) is 7.76. The van der Waals surface area contributed by atoms with Crippen molar-refractivity contribution in [3.05, 3.63) is 12.2 Å². The van der Waals surface area contributed by atoms with E-state index in [1.165, 1.54) is 19.3 Å². The molecule has 0 aromatic carbocycles. The fourth-order valence-corrected chi connectivity index (χ4v) is 3.34. The third-order valence-corrected chi connectivity index (χ3v) is 5.99. The maximum atomic E-state index is 5.56. The van der Waals surface area contributed by atoms with Crippen LogP contribution in [0.15, 0.2) is 12.2 Å². The lowest BCUT2D eigenvalue weighted by molar-refractivity contribution is 0.391. The molecule has 0 fully saturated rings. The Morgan fingerprint density at radius 2 is 2.18 bits per heavy atom. The molecule has 0 saturated heterocycles. The van der Waals surface area contributed by atoms with Gasteiger partial charge in [-0.3, -0.25) is 0 Å². The quantitative estimate of drug-likeness (QED) is 0.457. The summed E-state index contributed by atoms with van der Waals surface area (Å²) in [5.74, 6) is 0. The highest BCUT2D eigenvalue weighted by atomic mass is 28.4. The van der Waals surface area contributed by atoms with E-state index in [-0.39, 0.29) is 0 Å². The Balaban J connectivity index is 2.57. The van der Waals surface area contributed by atoms with Gasteiger partial charge in [0.15, 0.2) is 8.32 Å². The van der Waals surface area contributed by atoms with Gasteiger partial charge in [-0.25, -0.2) is 0 Å². The summed E-state index contributed by atoms with van der Waals surface area (Å²) in [6.07, 6.45) is 8.62. The van der Waals surface area contributed by atoms with Crippen LogP contribution in [0, 0.1) is 0 Å². The molecule has 1 aliphatic rings. The molecular weight excluding hydrogens is 152 g/mol. The summed E-state index contributed by atoms with van der Waals surface area (Å²) < 4.78 is 5.56. The van der Waals surface area contributed by atoms with Crippen LogP contribution in [-0.2, 0) is 4.43 Å². The lowest BCUT2D eigenvalue weighted by Gasteiger charge is -2.30. The molecule has 0 heterocycles. The van der Waals surface area contributed by atoms with Crippen LogP contribution >= 0.6 is 0 Å². The second-order valence-corrected chi connectivity index (χ2v) is 8.13. The molecular formula is C9H18OSi. The van der Waals surface area contributed by atoms with Gasteiger partial charge in [0.1, 0.15) is 0 Å². The fraction of sp³-hybridized carbons (Fsp3) is 0.778. The summed E-state index contributed by atoms with van der Waals surface area (Å²) in [6.45, 7) is 4.60. The van der Waals surface area contributed by atoms with E-state index in [2.05, 4.69) is 25.2 Å². The Kier molecular flexibility index (Phi) is 2.90. The predicted molar refractivity (Wildman–Crippen MR) is 51.2 cm³/mol. The van der Waals surface area contributed by atoms with Gasteiger partial charge in [0.05, 0.1) is 0 Å². The second kappa shape index (κ2) is 3.54. The van der Waals surface area contributed by atoms with Crippen molar-refractivity contribution in [2.45, 2.75) is 37.9 Å². The van der Waals surface area contributed by atoms with Crippen LogP contribution < -0.4 is 0 Å². The monoisotopic (exact) mass is 170 g/mol. The van der Waals surface area contributed by atoms with Gasteiger partial charge in [0.2, 0.25) is 0 Å². The molecule has 0 amide bonds. The van der Waals surface area contributed by atoms with E-state index in [1.54, 1.807) is 0 Å². The molecule has 0 N–H and O–H groups in total. The minimum atomic E-state index is -1.36. The Hall–Kier alpha value is -0.0831. The molecule has 1 unspecified atom stereocenters. The maximum Gasteiger partial charge on any atom is 0.192 e. The van der Waals surface area contributed by atoms with Crippen LogP contribution in [0.4, 0.5) is 0 Å². The van der Waals surface area contributed by atoms with Gasteiger partial charge in [-0.2, -0.15) is 0 Å². The summed E-state index contributed by atoms with van der Waals surface area (Å²) in [5.41, 5.74) is 0.751. The molecule has 0 aliphatic heterocycles. The summed E-state index contributed by atoms with van der Waals surface area (Å²) in [6, 6.07) is 0. The average Bonchev–Trinajstić information content (AvgIpc) is 2.06. The lowest BCUT2D eigenvalue weighted by atomic mass is 10.1. The van der Waals surface area contributed by atoms with E-state index in [1.807, 2.05) is 7.11 Å². The van der Waals surface area contributed by atoms with Gasteiger partial charge in [-0.05, 0) is 37.9 Å². The molecule has 0 aromatic rings. The normalized spacial score (nSPS) is 25.5. The number of hydrogen-bond acceptors (Lipinski definition) is 1. The van der Waals surface area contributed by atoms with Crippen LogP contribution in [0.3, 0.4) is 0 Å². The lowest BCUT2D eigenvalue weighted by Crippen LogP contribution is -2.34. The zero-order chi connectivity index (χ0) is 8.32. The highest BCUT2D eigenvalue weighted by Gasteiger charge is 2.30. The maximum absolute atomic E-state index is 5.56. The third kappa shape index (κ3) is 2.17. The Bertz CT molecular complexity index is 152. The molecule has 1 nitrogen and oxygen atoms in total. The highest BCUT2D eigenvalue weighted by Crippen LogP contribution is 2.32. The SMILES string of the molecule is CO[Si](C)(C)C1C=CCCC1. The van der Waals surface area contributed by atoms with Crippen LogP contribution in [0.1, 0.15) is 19.3 Å². The van der Waals surface area contributed by atoms with Crippen LogP contribution in [0.25, 0.3) is 0 Å². The Morgan fingerprint density at radius 1 is 1.45 bits per heavy atom. The molecule has 0 radical (unpaired) electrons. The van der Waals surface area contributed by atoms with Crippen LogP contribution in [0.5, 0.6) is 0 Å². The first kappa shape index (κ1) is 9.01. The first-order chi connectivity index (χ1) is 5.17. The molecule has 0 bridgehead atoms. The first-order valence-corrected chi connectivity index (χ1v) is 7.37. The van der Waals surface area contributed by atoms with Gasteiger partial charge < -0.3 is 4.43 Å². The van der Waals surface area contributed by atoms with Gasteiger partial charge in [0, 0.05) is 7.11 Å². The molecule has 2 heteroatoms. The van der Waals surface area contributed by atoms with E-state index in [4.69, 9.17) is 4.43 Å². The Morgan fingerprint density at radius 3 is 2.64 bits per heavy atom. The van der Waals surface area contributed by atoms with E-state index in [0.717, 1.165) is 5.54 Å². The zero-order valence-corrected chi connectivity index (χ0v) is 8.76. The number of allylic oxidation sites excluding steroid dienone is 2.